The number of benzene rings is 1. The van der Waals surface area contributed by atoms with Crippen molar-refractivity contribution in [3.05, 3.63) is 48.3 Å². The molecule has 0 fully saturated rings. The summed E-state index contributed by atoms with van der Waals surface area (Å²) in [6.07, 6.45) is -4.01. The SMILES string of the molecule is O=S(=O)(Nc1noc2ccccc12)c1ccc(C(F)(F)F)nc1. The number of para-hydroxylation sites is 1. The van der Waals surface area contributed by atoms with Gasteiger partial charge < -0.3 is 4.52 Å². The van der Waals surface area contributed by atoms with Crippen LogP contribution in [0.4, 0.5) is 19.0 Å². The Labute approximate surface area is 128 Å². The number of hydrogen-bond acceptors (Lipinski definition) is 5. The van der Waals surface area contributed by atoms with Crippen LogP contribution in [0.3, 0.4) is 0 Å². The Kier molecular flexibility index (Phi) is 3.48. The van der Waals surface area contributed by atoms with Crippen molar-refractivity contribution >= 4 is 26.8 Å². The molecule has 2 heterocycles. The smallest absolute Gasteiger partial charge is 0.354 e. The molecule has 0 bridgehead atoms. The van der Waals surface area contributed by atoms with E-state index < -0.39 is 26.8 Å². The molecule has 0 saturated carbocycles. The highest BCUT2D eigenvalue weighted by atomic mass is 32.2. The Morgan fingerprint density at radius 3 is 2.48 bits per heavy atom. The third-order valence-electron chi connectivity index (χ3n) is 2.95. The van der Waals surface area contributed by atoms with Crippen LogP contribution in [0.2, 0.25) is 0 Å². The summed E-state index contributed by atoms with van der Waals surface area (Å²) in [6, 6.07) is 7.95. The third kappa shape index (κ3) is 2.97. The minimum Gasteiger partial charge on any atom is -0.354 e. The molecule has 23 heavy (non-hydrogen) atoms. The molecule has 0 radical (unpaired) electrons. The van der Waals surface area contributed by atoms with Gasteiger partial charge in [-0.2, -0.15) is 13.2 Å². The van der Waals surface area contributed by atoms with E-state index in [-0.39, 0.29) is 5.82 Å². The molecule has 0 saturated heterocycles. The zero-order valence-corrected chi connectivity index (χ0v) is 12.0. The van der Waals surface area contributed by atoms with E-state index in [2.05, 4.69) is 14.9 Å². The standard InChI is InChI=1S/C13H8F3N3O3S/c14-13(15,16)11-6-5-8(7-17-11)23(20,21)19-12-9-3-1-2-4-10(9)22-18-12/h1-7H,(H,18,19). The van der Waals surface area contributed by atoms with Crippen molar-refractivity contribution in [2.24, 2.45) is 0 Å². The summed E-state index contributed by atoms with van der Waals surface area (Å²) in [7, 11) is -4.14. The number of rotatable bonds is 3. The number of halogens is 3. The van der Waals surface area contributed by atoms with Gasteiger partial charge in [-0.25, -0.2) is 8.42 Å². The zero-order chi connectivity index (χ0) is 16.7. The number of sulfonamides is 1. The molecule has 1 N–H and O–H groups in total. The van der Waals surface area contributed by atoms with E-state index in [0.717, 1.165) is 6.07 Å². The lowest BCUT2D eigenvalue weighted by Crippen LogP contribution is -2.15. The first-order valence-corrected chi connectivity index (χ1v) is 7.66. The second-order valence-corrected chi connectivity index (χ2v) is 6.19. The van der Waals surface area contributed by atoms with Crippen molar-refractivity contribution in [2.75, 3.05) is 4.72 Å². The van der Waals surface area contributed by atoms with E-state index in [4.69, 9.17) is 4.52 Å². The van der Waals surface area contributed by atoms with Gasteiger partial charge in [-0.15, -0.1) is 0 Å². The van der Waals surface area contributed by atoms with Crippen molar-refractivity contribution in [2.45, 2.75) is 11.1 Å². The van der Waals surface area contributed by atoms with Crippen LogP contribution in [-0.2, 0) is 16.2 Å². The zero-order valence-electron chi connectivity index (χ0n) is 11.2. The van der Waals surface area contributed by atoms with Gasteiger partial charge in [0.05, 0.1) is 5.39 Å². The van der Waals surface area contributed by atoms with E-state index in [1.165, 1.54) is 0 Å². The molecule has 0 aliphatic heterocycles. The molecule has 6 nitrogen and oxygen atoms in total. The third-order valence-corrected chi connectivity index (χ3v) is 4.27. The largest absolute Gasteiger partial charge is 0.433 e. The summed E-state index contributed by atoms with van der Waals surface area (Å²) in [5, 5.41) is 4.02. The van der Waals surface area contributed by atoms with Crippen LogP contribution in [-0.4, -0.2) is 18.6 Å². The van der Waals surface area contributed by atoms with Gasteiger partial charge in [0.1, 0.15) is 10.6 Å². The van der Waals surface area contributed by atoms with E-state index in [1.54, 1.807) is 24.3 Å². The van der Waals surface area contributed by atoms with Crippen molar-refractivity contribution in [3.63, 3.8) is 0 Å². The predicted molar refractivity (Wildman–Crippen MR) is 74.1 cm³/mol. The summed E-state index contributed by atoms with van der Waals surface area (Å²) < 4.78 is 68.8. The first-order chi connectivity index (χ1) is 10.8. The Hall–Kier alpha value is -2.62. The molecule has 2 aromatic heterocycles. The second-order valence-electron chi connectivity index (χ2n) is 4.51. The average Bonchev–Trinajstić information content (AvgIpc) is 2.89. The molecule has 0 aliphatic carbocycles. The van der Waals surface area contributed by atoms with Crippen LogP contribution < -0.4 is 4.72 Å². The number of hydrogen-bond donors (Lipinski definition) is 1. The fraction of sp³-hybridized carbons (Fsp3) is 0.0769. The molecule has 120 valence electrons. The van der Waals surface area contributed by atoms with E-state index in [9.17, 15) is 21.6 Å². The number of nitrogens with one attached hydrogen (secondary N) is 1. The molecule has 3 aromatic rings. The monoisotopic (exact) mass is 343 g/mol. The Bertz CT molecular complexity index is 950. The van der Waals surface area contributed by atoms with Crippen molar-refractivity contribution in [3.8, 4) is 0 Å². The van der Waals surface area contributed by atoms with Crippen molar-refractivity contribution in [1.82, 2.24) is 10.1 Å². The Morgan fingerprint density at radius 2 is 1.83 bits per heavy atom. The van der Waals surface area contributed by atoms with Gasteiger partial charge in [0, 0.05) is 6.20 Å². The first-order valence-electron chi connectivity index (χ1n) is 6.18. The van der Waals surface area contributed by atoms with Crippen LogP contribution in [0.15, 0.2) is 52.0 Å². The lowest BCUT2D eigenvalue weighted by Gasteiger charge is -2.08. The fourth-order valence-electron chi connectivity index (χ4n) is 1.85. The Morgan fingerprint density at radius 1 is 1.09 bits per heavy atom. The summed E-state index contributed by atoms with van der Waals surface area (Å²) in [4.78, 5) is 2.70. The molecule has 1 aromatic carbocycles. The maximum absolute atomic E-state index is 12.4. The Balaban J connectivity index is 1.93. The number of pyridine rings is 1. The number of anilines is 1. The topological polar surface area (TPSA) is 85.1 Å². The highest BCUT2D eigenvalue weighted by Crippen LogP contribution is 2.28. The highest BCUT2D eigenvalue weighted by Gasteiger charge is 2.32. The molecule has 0 atom stereocenters. The van der Waals surface area contributed by atoms with Crippen LogP contribution in [0.1, 0.15) is 5.69 Å². The van der Waals surface area contributed by atoms with E-state index in [0.29, 0.717) is 23.2 Å². The minimum atomic E-state index is -4.64. The van der Waals surface area contributed by atoms with Crippen LogP contribution >= 0.6 is 0 Å². The molecular weight excluding hydrogens is 335 g/mol. The lowest BCUT2D eigenvalue weighted by molar-refractivity contribution is -0.141. The maximum Gasteiger partial charge on any atom is 0.433 e. The van der Waals surface area contributed by atoms with Gasteiger partial charge in [0.2, 0.25) is 0 Å². The number of nitrogens with zero attached hydrogens (tertiary/aromatic N) is 2. The molecule has 3 rings (SSSR count). The maximum atomic E-state index is 12.4. The molecule has 0 amide bonds. The van der Waals surface area contributed by atoms with Gasteiger partial charge in [0.15, 0.2) is 11.4 Å². The molecule has 0 spiro atoms. The van der Waals surface area contributed by atoms with Gasteiger partial charge in [-0.1, -0.05) is 17.3 Å². The quantitative estimate of drug-likeness (QED) is 0.790. The molecular formula is C13H8F3N3O3S. The van der Waals surface area contributed by atoms with Crippen LogP contribution in [0.25, 0.3) is 11.0 Å². The van der Waals surface area contributed by atoms with Crippen LogP contribution in [0.5, 0.6) is 0 Å². The lowest BCUT2D eigenvalue weighted by atomic mass is 10.2. The highest BCUT2D eigenvalue weighted by molar-refractivity contribution is 7.92. The summed E-state index contributed by atoms with van der Waals surface area (Å²) >= 11 is 0. The van der Waals surface area contributed by atoms with E-state index >= 15 is 0 Å². The molecule has 0 unspecified atom stereocenters. The summed E-state index contributed by atoms with van der Waals surface area (Å²) in [6.45, 7) is 0. The molecule has 10 heteroatoms. The van der Waals surface area contributed by atoms with Gasteiger partial charge in [0.25, 0.3) is 10.0 Å². The molecule has 0 aliphatic rings. The first kappa shape index (κ1) is 15.3. The second kappa shape index (κ2) is 5.23. The van der Waals surface area contributed by atoms with Gasteiger partial charge >= 0.3 is 6.18 Å². The summed E-state index contributed by atoms with van der Waals surface area (Å²) in [5.41, 5.74) is -0.806. The van der Waals surface area contributed by atoms with Crippen molar-refractivity contribution in [1.29, 1.82) is 0 Å². The van der Waals surface area contributed by atoms with Crippen LogP contribution in [0, 0.1) is 0 Å². The van der Waals surface area contributed by atoms with Gasteiger partial charge in [-0.05, 0) is 24.3 Å². The fourth-order valence-corrected chi connectivity index (χ4v) is 2.81. The van der Waals surface area contributed by atoms with Crippen molar-refractivity contribution < 1.29 is 26.1 Å². The average molecular weight is 343 g/mol. The van der Waals surface area contributed by atoms with Gasteiger partial charge in [-0.3, -0.25) is 9.71 Å². The number of alkyl halides is 3. The minimum absolute atomic E-state index is 0.0551. The normalized spacial score (nSPS) is 12.5. The van der Waals surface area contributed by atoms with E-state index in [1.807, 2.05) is 0 Å². The predicted octanol–water partition coefficient (Wildman–Crippen LogP) is 3.04. The number of fused-ring (bicyclic) bond motifs is 1. The number of aromatic nitrogens is 2. The summed E-state index contributed by atoms with van der Waals surface area (Å²) in [5.74, 6) is -0.0551.